The van der Waals surface area contributed by atoms with Gasteiger partial charge in [-0.05, 0) is 141 Å². The van der Waals surface area contributed by atoms with Crippen LogP contribution in [-0.2, 0) is 38.4 Å². The van der Waals surface area contributed by atoms with Gasteiger partial charge < -0.3 is 81.8 Å². The van der Waals surface area contributed by atoms with Crippen LogP contribution in [0, 0.1) is 5.92 Å². The molecule has 1 aliphatic rings. The zero-order valence-electron chi connectivity index (χ0n) is 39.2. The molecule has 24 nitrogen and oxygen atoms in total. The van der Waals surface area contributed by atoms with Crippen molar-refractivity contribution in [1.29, 1.82) is 0 Å². The van der Waals surface area contributed by atoms with E-state index in [1.165, 1.54) is 0 Å². The van der Waals surface area contributed by atoms with Crippen molar-refractivity contribution in [1.82, 2.24) is 37.2 Å². The molecule has 0 saturated carbocycles. The van der Waals surface area contributed by atoms with Crippen LogP contribution in [-0.4, -0.2) is 145 Å². The van der Waals surface area contributed by atoms with Crippen molar-refractivity contribution >= 4 is 53.3 Å². The Morgan fingerprint density at radius 1 is 0.561 bits per heavy atom. The van der Waals surface area contributed by atoms with Crippen molar-refractivity contribution in [2.75, 3.05) is 39.3 Å². The number of unbranched alkanes of at least 4 members (excludes halogenated alkanes) is 4. The predicted octanol–water partition coefficient (Wildman–Crippen LogP) is -2.95. The number of nitrogens with two attached hydrogens (primary N) is 6. The van der Waals surface area contributed by atoms with Crippen molar-refractivity contribution < 1.29 is 48.6 Å². The van der Waals surface area contributed by atoms with E-state index in [2.05, 4.69) is 42.2 Å². The summed E-state index contributed by atoms with van der Waals surface area (Å²) in [6.07, 6.45) is 6.58. The Bertz CT molecular complexity index is 1510. The summed E-state index contributed by atoms with van der Waals surface area (Å²) in [5.41, 5.74) is 33.9. The number of amides is 6. The number of rotatable bonds is 34. The Kier molecular flexibility index (Phi) is 33.2. The molecule has 0 aromatic heterocycles. The quantitative estimate of drug-likeness (QED) is 0.0174. The first-order chi connectivity index (χ1) is 31.3. The second-order valence-corrected chi connectivity index (χ2v) is 16.6. The summed E-state index contributed by atoms with van der Waals surface area (Å²) in [5.74, 6) is -6.38. The van der Waals surface area contributed by atoms with Crippen LogP contribution >= 0.6 is 0 Å². The van der Waals surface area contributed by atoms with E-state index in [9.17, 15) is 38.7 Å². The first-order valence-corrected chi connectivity index (χ1v) is 23.2. The van der Waals surface area contributed by atoms with E-state index >= 15 is 0 Å². The SMILES string of the molecule is CC(=O)O.CC(C)[C@H](NC(=O)[C@H](CCCCN)NC(=O)[C@H](CCCN=C(N)N)NC(=O)[C@H](CCCCN)NC(=O)[C@H](CCCCN)NC(=O)[C@H](CCCCN)NC(=O)[C@@H]1CCCN1)C(=O)O. The van der Waals surface area contributed by atoms with Crippen LogP contribution in [0.15, 0.2) is 4.99 Å². The predicted molar refractivity (Wildman–Crippen MR) is 250 cm³/mol. The third kappa shape index (κ3) is 27.3. The zero-order valence-corrected chi connectivity index (χ0v) is 39.2. The molecule has 380 valence electrons. The van der Waals surface area contributed by atoms with Gasteiger partial charge in [0.05, 0.1) is 6.04 Å². The summed E-state index contributed by atoms with van der Waals surface area (Å²) in [6, 6.07) is -7.29. The molecule has 1 fully saturated rings. The molecule has 1 heterocycles. The lowest BCUT2D eigenvalue weighted by Gasteiger charge is -2.28. The number of nitrogens with zero attached hydrogens (tertiary/aromatic N) is 1. The second-order valence-electron chi connectivity index (χ2n) is 16.6. The molecule has 0 aliphatic carbocycles. The average Bonchev–Trinajstić information content (AvgIpc) is 3.80. The molecule has 1 aliphatic heterocycles. The van der Waals surface area contributed by atoms with Gasteiger partial charge in [0.25, 0.3) is 5.97 Å². The molecule has 0 aromatic rings. The lowest BCUT2D eigenvalue weighted by atomic mass is 10.0. The highest BCUT2D eigenvalue weighted by Crippen LogP contribution is 2.12. The fourth-order valence-corrected chi connectivity index (χ4v) is 6.86. The first-order valence-electron chi connectivity index (χ1n) is 23.2. The average molecular weight is 943 g/mol. The van der Waals surface area contributed by atoms with Crippen molar-refractivity contribution in [3.8, 4) is 0 Å². The fraction of sp³-hybridized carbons (Fsp3) is 0.786. The molecule has 21 N–H and O–H groups in total. The molecular weight excluding hydrogens is 861 g/mol. The summed E-state index contributed by atoms with van der Waals surface area (Å²) >= 11 is 0. The largest absolute Gasteiger partial charge is 0.481 e. The molecule has 0 bridgehead atoms. The first kappa shape index (κ1) is 60.8. The molecule has 1 rings (SSSR count). The molecule has 24 heteroatoms. The van der Waals surface area contributed by atoms with E-state index in [-0.39, 0.29) is 50.5 Å². The van der Waals surface area contributed by atoms with Crippen LogP contribution in [0.25, 0.3) is 0 Å². The maximum atomic E-state index is 14.1. The second kappa shape index (κ2) is 36.0. The van der Waals surface area contributed by atoms with Crippen molar-refractivity contribution in [2.24, 2.45) is 45.3 Å². The molecule has 0 spiro atoms. The molecule has 0 aromatic carbocycles. The van der Waals surface area contributed by atoms with Crippen LogP contribution in [0.4, 0.5) is 0 Å². The normalized spacial score (nSPS) is 15.8. The van der Waals surface area contributed by atoms with Crippen LogP contribution in [0.1, 0.15) is 124 Å². The van der Waals surface area contributed by atoms with Gasteiger partial charge in [0.1, 0.15) is 36.3 Å². The number of carboxylic acid groups (broad SMARTS) is 2. The maximum absolute atomic E-state index is 14.1. The highest BCUT2D eigenvalue weighted by molar-refractivity contribution is 5.97. The van der Waals surface area contributed by atoms with Gasteiger partial charge in [-0.1, -0.05) is 13.8 Å². The van der Waals surface area contributed by atoms with Gasteiger partial charge in [-0.3, -0.25) is 38.6 Å². The number of aliphatic carboxylic acids is 2. The molecule has 0 unspecified atom stereocenters. The standard InChI is InChI=1S/C40H78N14O8.C2H4O2/c1-25(2)32(39(61)62)54-38(60)30(16-6-10-22-44)52-37(59)31(18-12-24-48-40(45)46)53-36(58)29(15-5-9-21-43)51-35(57)28(14-4-8-20-42)50-34(56)27(13-3-7-19-41)49-33(55)26-17-11-23-47-26;1-2(3)4/h25-32,47H,3-24,41-44H2,1-2H3,(H,49,55)(H,50,56)(H,51,57)(H,52,59)(H,53,58)(H,54,60)(H,61,62)(H4,45,46,48);1H3,(H,3,4)/t26-,27-,28-,29-,30-,31-,32-;/m0./s1. The van der Waals surface area contributed by atoms with Crippen molar-refractivity contribution in [3.05, 3.63) is 0 Å². The summed E-state index contributed by atoms with van der Waals surface area (Å²) in [5, 5.41) is 36.6. The van der Waals surface area contributed by atoms with Gasteiger partial charge >= 0.3 is 5.97 Å². The molecule has 66 heavy (non-hydrogen) atoms. The lowest BCUT2D eigenvalue weighted by Crippen LogP contribution is -2.60. The van der Waals surface area contributed by atoms with E-state index < -0.39 is 89.7 Å². The van der Waals surface area contributed by atoms with Crippen molar-refractivity contribution in [2.45, 2.75) is 166 Å². The Morgan fingerprint density at radius 2 is 0.894 bits per heavy atom. The molecular formula is C42H82N14O10. The van der Waals surface area contributed by atoms with Gasteiger partial charge in [0, 0.05) is 13.5 Å². The monoisotopic (exact) mass is 943 g/mol. The van der Waals surface area contributed by atoms with Gasteiger partial charge in [0.15, 0.2) is 5.96 Å². The molecule has 7 atom stereocenters. The Labute approximate surface area is 388 Å². The van der Waals surface area contributed by atoms with Gasteiger partial charge in [-0.15, -0.1) is 0 Å². The number of hydrogen-bond donors (Lipinski definition) is 15. The molecule has 6 amide bonds. The number of carbonyl (C=O) groups is 8. The summed E-state index contributed by atoms with van der Waals surface area (Å²) in [4.78, 5) is 107. The third-order valence-corrected chi connectivity index (χ3v) is 10.5. The summed E-state index contributed by atoms with van der Waals surface area (Å²) in [6.45, 7) is 6.55. The van der Waals surface area contributed by atoms with Gasteiger partial charge in [0.2, 0.25) is 35.4 Å². The number of nitrogens with one attached hydrogen (secondary N) is 7. The smallest absolute Gasteiger partial charge is 0.326 e. The fourth-order valence-electron chi connectivity index (χ4n) is 6.86. The van der Waals surface area contributed by atoms with Crippen LogP contribution in [0.5, 0.6) is 0 Å². The lowest BCUT2D eigenvalue weighted by molar-refractivity contribution is -0.143. The van der Waals surface area contributed by atoms with Gasteiger partial charge in [-0.25, -0.2) is 4.79 Å². The highest BCUT2D eigenvalue weighted by atomic mass is 16.4. The molecule has 1 saturated heterocycles. The minimum Gasteiger partial charge on any atom is -0.481 e. The number of aliphatic imine (C=N–C) groups is 1. The maximum Gasteiger partial charge on any atom is 0.326 e. The van der Waals surface area contributed by atoms with Crippen LogP contribution in [0.3, 0.4) is 0 Å². The topological polar surface area (TPSA) is 430 Å². The van der Waals surface area contributed by atoms with E-state index in [0.29, 0.717) is 96.9 Å². The van der Waals surface area contributed by atoms with Crippen molar-refractivity contribution in [3.63, 3.8) is 0 Å². The van der Waals surface area contributed by atoms with E-state index in [1.807, 2.05) is 0 Å². The third-order valence-electron chi connectivity index (χ3n) is 10.5. The van der Waals surface area contributed by atoms with Crippen LogP contribution in [0.2, 0.25) is 0 Å². The van der Waals surface area contributed by atoms with Gasteiger partial charge in [-0.2, -0.15) is 0 Å². The van der Waals surface area contributed by atoms with E-state index in [4.69, 9.17) is 44.3 Å². The number of hydrogen-bond acceptors (Lipinski definition) is 14. The Morgan fingerprint density at radius 3 is 1.18 bits per heavy atom. The number of guanidine groups is 1. The summed E-state index contributed by atoms with van der Waals surface area (Å²) < 4.78 is 0. The number of carbonyl (C=O) groups excluding carboxylic acids is 6. The van der Waals surface area contributed by atoms with Crippen LogP contribution < -0.4 is 71.6 Å². The minimum absolute atomic E-state index is 0.0180. The van der Waals surface area contributed by atoms with E-state index in [1.54, 1.807) is 13.8 Å². The summed E-state index contributed by atoms with van der Waals surface area (Å²) in [7, 11) is 0. The Balaban J connectivity index is 0.0000101. The molecule has 0 radical (unpaired) electrons. The Hall–Kier alpha value is -5.17. The zero-order chi connectivity index (χ0) is 50.0. The highest BCUT2D eigenvalue weighted by Gasteiger charge is 2.34. The number of carboxylic acids is 2. The van der Waals surface area contributed by atoms with E-state index in [0.717, 1.165) is 13.3 Å². The minimum atomic E-state index is -1.25.